The van der Waals surface area contributed by atoms with Crippen LogP contribution in [-0.2, 0) is 4.79 Å². The van der Waals surface area contributed by atoms with Gasteiger partial charge in [-0.15, -0.1) is 0 Å². The number of likely N-dealkylation sites (tertiary alicyclic amines) is 2. The van der Waals surface area contributed by atoms with E-state index >= 15 is 0 Å². The molecule has 0 unspecified atom stereocenters. The quantitative estimate of drug-likeness (QED) is 0.860. The monoisotopic (exact) mass is 315 g/mol. The van der Waals surface area contributed by atoms with Crippen LogP contribution in [0.25, 0.3) is 0 Å². The van der Waals surface area contributed by atoms with Gasteiger partial charge >= 0.3 is 0 Å². The number of nitrogens with one attached hydrogen (secondary N) is 1. The van der Waals surface area contributed by atoms with Gasteiger partial charge in [0.15, 0.2) is 0 Å². The topological polar surface area (TPSA) is 69.7 Å². The maximum atomic E-state index is 12.6. The fourth-order valence-electron chi connectivity index (χ4n) is 3.23. The summed E-state index contributed by atoms with van der Waals surface area (Å²) in [5, 5.41) is 2.56. The molecule has 2 saturated heterocycles. The number of carbonyl (C=O) groups excluding carboxylic acids is 3. The SMILES string of the molecule is O=CNc1cc(C(=O)N2CCCC2)cc(C(=O)N2CCCC2)c1. The van der Waals surface area contributed by atoms with Gasteiger partial charge in [-0.3, -0.25) is 14.4 Å². The summed E-state index contributed by atoms with van der Waals surface area (Å²) in [6.07, 6.45) is 4.61. The average Bonchev–Trinajstić information content (AvgIpc) is 3.26. The van der Waals surface area contributed by atoms with Crippen molar-refractivity contribution in [2.24, 2.45) is 0 Å². The van der Waals surface area contributed by atoms with E-state index in [2.05, 4.69) is 5.32 Å². The smallest absolute Gasteiger partial charge is 0.253 e. The third-order valence-electron chi connectivity index (χ3n) is 4.44. The van der Waals surface area contributed by atoms with E-state index in [-0.39, 0.29) is 11.8 Å². The zero-order chi connectivity index (χ0) is 16.2. The summed E-state index contributed by atoms with van der Waals surface area (Å²) in [5.41, 5.74) is 1.40. The second-order valence-electron chi connectivity index (χ2n) is 6.06. The first kappa shape index (κ1) is 15.5. The Labute approximate surface area is 135 Å². The van der Waals surface area contributed by atoms with Crippen LogP contribution in [-0.4, -0.2) is 54.2 Å². The average molecular weight is 315 g/mol. The van der Waals surface area contributed by atoms with Gasteiger partial charge in [0.1, 0.15) is 0 Å². The molecule has 2 fully saturated rings. The minimum atomic E-state index is -0.0764. The van der Waals surface area contributed by atoms with Crippen molar-refractivity contribution in [3.8, 4) is 0 Å². The Morgan fingerprint density at radius 2 is 1.26 bits per heavy atom. The first-order valence-corrected chi connectivity index (χ1v) is 8.13. The minimum Gasteiger partial charge on any atom is -0.339 e. The third kappa shape index (κ3) is 3.36. The molecule has 0 atom stereocenters. The number of anilines is 1. The molecule has 2 heterocycles. The summed E-state index contributed by atoms with van der Waals surface area (Å²) in [5.74, 6) is -0.153. The molecule has 2 aliphatic rings. The van der Waals surface area contributed by atoms with E-state index in [9.17, 15) is 14.4 Å². The summed E-state index contributed by atoms with van der Waals surface area (Å²) in [6.45, 7) is 3.00. The van der Waals surface area contributed by atoms with Crippen molar-refractivity contribution >= 4 is 23.9 Å². The van der Waals surface area contributed by atoms with Crippen molar-refractivity contribution in [2.45, 2.75) is 25.7 Å². The molecule has 1 aromatic rings. The molecule has 3 rings (SSSR count). The van der Waals surface area contributed by atoms with Crippen LogP contribution in [0.5, 0.6) is 0 Å². The molecule has 0 bridgehead atoms. The molecule has 3 amide bonds. The van der Waals surface area contributed by atoms with Crippen LogP contribution in [0.3, 0.4) is 0 Å². The van der Waals surface area contributed by atoms with Crippen molar-refractivity contribution in [3.63, 3.8) is 0 Å². The molecule has 122 valence electrons. The molecule has 6 heteroatoms. The number of rotatable bonds is 4. The molecule has 23 heavy (non-hydrogen) atoms. The zero-order valence-electron chi connectivity index (χ0n) is 13.1. The first-order valence-electron chi connectivity index (χ1n) is 8.13. The largest absolute Gasteiger partial charge is 0.339 e. The van der Waals surface area contributed by atoms with Crippen LogP contribution in [0.2, 0.25) is 0 Å². The molecule has 6 nitrogen and oxygen atoms in total. The summed E-state index contributed by atoms with van der Waals surface area (Å²) >= 11 is 0. The highest BCUT2D eigenvalue weighted by atomic mass is 16.2. The molecule has 0 aromatic heterocycles. The summed E-state index contributed by atoms with van der Waals surface area (Å²) in [4.78, 5) is 39.5. The van der Waals surface area contributed by atoms with Gasteiger partial charge in [-0.05, 0) is 43.9 Å². The number of nitrogens with zero attached hydrogens (tertiary/aromatic N) is 2. The van der Waals surface area contributed by atoms with Crippen LogP contribution in [0.1, 0.15) is 46.4 Å². The Morgan fingerprint density at radius 1 is 0.826 bits per heavy atom. The third-order valence-corrected chi connectivity index (χ3v) is 4.44. The van der Waals surface area contributed by atoms with E-state index in [1.54, 1.807) is 28.0 Å². The Kier molecular flexibility index (Phi) is 4.60. The zero-order valence-corrected chi connectivity index (χ0v) is 13.1. The van der Waals surface area contributed by atoms with Gasteiger partial charge in [-0.25, -0.2) is 0 Å². The fourth-order valence-corrected chi connectivity index (χ4v) is 3.23. The molecule has 1 N–H and O–H groups in total. The van der Waals surface area contributed by atoms with Crippen molar-refractivity contribution in [1.29, 1.82) is 0 Å². The normalized spacial score (nSPS) is 17.4. The highest BCUT2D eigenvalue weighted by molar-refractivity contribution is 6.01. The lowest BCUT2D eigenvalue weighted by atomic mass is 10.1. The second-order valence-corrected chi connectivity index (χ2v) is 6.06. The molecule has 2 aliphatic heterocycles. The van der Waals surface area contributed by atoms with Gasteiger partial charge in [-0.2, -0.15) is 0 Å². The second kappa shape index (κ2) is 6.81. The van der Waals surface area contributed by atoms with Gasteiger partial charge in [0.05, 0.1) is 0 Å². The van der Waals surface area contributed by atoms with E-state index < -0.39 is 0 Å². The predicted molar refractivity (Wildman–Crippen MR) is 86.4 cm³/mol. The van der Waals surface area contributed by atoms with E-state index in [0.29, 0.717) is 23.2 Å². The van der Waals surface area contributed by atoms with Crippen LogP contribution < -0.4 is 5.32 Å². The summed E-state index contributed by atoms with van der Waals surface area (Å²) in [6, 6.07) is 4.92. The van der Waals surface area contributed by atoms with Crippen molar-refractivity contribution in [1.82, 2.24) is 9.80 Å². The van der Waals surface area contributed by atoms with Gasteiger partial charge < -0.3 is 15.1 Å². The lowest BCUT2D eigenvalue weighted by Gasteiger charge is -2.19. The predicted octanol–water partition coefficient (Wildman–Crippen LogP) is 1.73. The highest BCUT2D eigenvalue weighted by Gasteiger charge is 2.24. The molecular formula is C17H21N3O3. The molecule has 1 aromatic carbocycles. The van der Waals surface area contributed by atoms with Crippen molar-refractivity contribution in [3.05, 3.63) is 29.3 Å². The van der Waals surface area contributed by atoms with E-state index in [1.165, 1.54) is 0 Å². The molecule has 0 aliphatic carbocycles. The van der Waals surface area contributed by atoms with Crippen LogP contribution >= 0.6 is 0 Å². The number of carbonyl (C=O) groups is 3. The van der Waals surface area contributed by atoms with E-state index in [0.717, 1.165) is 51.9 Å². The molecule has 0 saturated carbocycles. The minimum absolute atomic E-state index is 0.0764. The van der Waals surface area contributed by atoms with E-state index in [4.69, 9.17) is 0 Å². The van der Waals surface area contributed by atoms with Crippen molar-refractivity contribution < 1.29 is 14.4 Å². The van der Waals surface area contributed by atoms with Gasteiger partial charge in [0, 0.05) is 43.0 Å². The number of benzene rings is 1. The Balaban J connectivity index is 1.90. The Bertz CT molecular complexity index is 571. The Morgan fingerprint density at radius 3 is 1.65 bits per heavy atom. The molecule has 0 radical (unpaired) electrons. The number of amides is 3. The van der Waals surface area contributed by atoms with Gasteiger partial charge in [0.25, 0.3) is 11.8 Å². The standard InChI is InChI=1S/C17H21N3O3/c21-12-18-15-10-13(16(22)19-5-1-2-6-19)9-14(11-15)17(23)20-7-3-4-8-20/h9-12H,1-8H2,(H,18,21). The summed E-state index contributed by atoms with van der Waals surface area (Å²) < 4.78 is 0. The highest BCUT2D eigenvalue weighted by Crippen LogP contribution is 2.21. The maximum absolute atomic E-state index is 12.6. The van der Waals surface area contributed by atoms with Crippen LogP contribution in [0, 0.1) is 0 Å². The number of hydrogen-bond donors (Lipinski definition) is 1. The lowest BCUT2D eigenvalue weighted by molar-refractivity contribution is -0.105. The van der Waals surface area contributed by atoms with Crippen LogP contribution in [0.4, 0.5) is 5.69 Å². The van der Waals surface area contributed by atoms with Crippen LogP contribution in [0.15, 0.2) is 18.2 Å². The van der Waals surface area contributed by atoms with Crippen molar-refractivity contribution in [2.75, 3.05) is 31.5 Å². The lowest BCUT2D eigenvalue weighted by Crippen LogP contribution is -2.30. The first-order chi connectivity index (χ1) is 11.2. The van der Waals surface area contributed by atoms with Gasteiger partial charge in [-0.1, -0.05) is 0 Å². The number of hydrogen-bond acceptors (Lipinski definition) is 3. The fraction of sp³-hybridized carbons (Fsp3) is 0.471. The summed E-state index contributed by atoms with van der Waals surface area (Å²) in [7, 11) is 0. The molecular weight excluding hydrogens is 294 g/mol. The Hall–Kier alpha value is -2.37. The maximum Gasteiger partial charge on any atom is 0.253 e. The van der Waals surface area contributed by atoms with Gasteiger partial charge in [0.2, 0.25) is 6.41 Å². The van der Waals surface area contributed by atoms with E-state index in [1.807, 2.05) is 0 Å². The molecule has 0 spiro atoms.